The maximum atomic E-state index is 12.5. The van der Waals surface area contributed by atoms with Gasteiger partial charge in [-0.1, -0.05) is 6.42 Å². The van der Waals surface area contributed by atoms with Crippen LogP contribution in [0.25, 0.3) is 0 Å². The van der Waals surface area contributed by atoms with Gasteiger partial charge in [0.25, 0.3) is 0 Å². The minimum absolute atomic E-state index is 0.00370. The van der Waals surface area contributed by atoms with E-state index in [2.05, 4.69) is 14.9 Å². The van der Waals surface area contributed by atoms with Crippen LogP contribution in [0.5, 0.6) is 0 Å². The molecule has 2 bridgehead atoms. The van der Waals surface area contributed by atoms with Crippen molar-refractivity contribution in [2.45, 2.75) is 57.4 Å². The number of rotatable bonds is 4. The van der Waals surface area contributed by atoms with Crippen LogP contribution in [0, 0.1) is 31.6 Å². The molecule has 4 unspecified atom stereocenters. The Balaban J connectivity index is 1.77. The van der Waals surface area contributed by atoms with E-state index in [4.69, 9.17) is 0 Å². The van der Waals surface area contributed by atoms with Crippen LogP contribution in [0.3, 0.4) is 0 Å². The third-order valence-electron chi connectivity index (χ3n) is 5.11. The minimum atomic E-state index is -3.48. The molecule has 2 saturated carbocycles. The molecule has 4 atom stereocenters. The molecule has 3 rings (SSSR count). The van der Waals surface area contributed by atoms with Crippen molar-refractivity contribution in [1.29, 1.82) is 0 Å². The van der Waals surface area contributed by atoms with Gasteiger partial charge in [-0.05, 0) is 57.8 Å². The summed E-state index contributed by atoms with van der Waals surface area (Å²) in [5.74, 6) is 2.04. The van der Waals surface area contributed by atoms with Gasteiger partial charge in [-0.15, -0.1) is 0 Å². The zero-order valence-electron chi connectivity index (χ0n) is 12.3. The number of fused-ring (bicyclic) bond motifs is 2. The van der Waals surface area contributed by atoms with E-state index in [0.717, 1.165) is 5.92 Å². The van der Waals surface area contributed by atoms with E-state index in [1.54, 1.807) is 13.8 Å². The number of hydrogen-bond acceptors (Lipinski definition) is 3. The minimum Gasteiger partial charge on any atom is -0.281 e. The molecule has 1 aromatic rings. The van der Waals surface area contributed by atoms with Crippen molar-refractivity contribution >= 4 is 10.0 Å². The summed E-state index contributed by atoms with van der Waals surface area (Å²) in [6, 6.07) is 0.00370. The van der Waals surface area contributed by atoms with Crippen LogP contribution in [0.1, 0.15) is 44.0 Å². The molecule has 1 aromatic heterocycles. The molecular formula is C14H23N3O2S. The zero-order chi connectivity index (χ0) is 14.5. The topological polar surface area (TPSA) is 74.8 Å². The first-order chi connectivity index (χ1) is 9.38. The lowest BCUT2D eigenvalue weighted by Gasteiger charge is -2.28. The molecule has 2 N–H and O–H groups in total. The highest BCUT2D eigenvalue weighted by atomic mass is 32.2. The van der Waals surface area contributed by atoms with E-state index in [9.17, 15) is 8.42 Å². The van der Waals surface area contributed by atoms with Crippen molar-refractivity contribution in [3.63, 3.8) is 0 Å². The van der Waals surface area contributed by atoms with Crippen LogP contribution in [0.15, 0.2) is 4.90 Å². The Morgan fingerprint density at radius 1 is 1.30 bits per heavy atom. The summed E-state index contributed by atoms with van der Waals surface area (Å²) in [6.07, 6.45) is 5.07. The number of aromatic nitrogens is 2. The lowest BCUT2D eigenvalue weighted by Crippen LogP contribution is -2.40. The Labute approximate surface area is 120 Å². The summed E-state index contributed by atoms with van der Waals surface area (Å²) in [5.41, 5.74) is 1.14. The first kappa shape index (κ1) is 14.1. The van der Waals surface area contributed by atoms with Crippen molar-refractivity contribution in [3.8, 4) is 0 Å². The number of hydrogen-bond donors (Lipinski definition) is 2. The first-order valence-electron chi connectivity index (χ1n) is 7.42. The summed E-state index contributed by atoms with van der Waals surface area (Å²) in [5, 5.41) is 6.72. The van der Waals surface area contributed by atoms with E-state index >= 15 is 0 Å². The number of nitrogens with zero attached hydrogens (tertiary/aromatic N) is 1. The Kier molecular flexibility index (Phi) is 3.41. The van der Waals surface area contributed by atoms with Gasteiger partial charge in [0.1, 0.15) is 4.90 Å². The van der Waals surface area contributed by atoms with Gasteiger partial charge in [0, 0.05) is 6.04 Å². The summed E-state index contributed by atoms with van der Waals surface area (Å²) in [6.45, 7) is 5.48. The number of aromatic amines is 1. The van der Waals surface area contributed by atoms with E-state index in [0.29, 0.717) is 28.1 Å². The molecule has 112 valence electrons. The molecule has 0 aromatic carbocycles. The Hall–Kier alpha value is -0.880. The maximum absolute atomic E-state index is 12.5. The maximum Gasteiger partial charge on any atom is 0.244 e. The van der Waals surface area contributed by atoms with Crippen molar-refractivity contribution in [1.82, 2.24) is 14.9 Å². The third kappa shape index (κ3) is 2.29. The van der Waals surface area contributed by atoms with E-state index in [1.807, 2.05) is 6.92 Å². The number of aryl methyl sites for hydroxylation is 2. The highest BCUT2D eigenvalue weighted by Crippen LogP contribution is 2.49. The Morgan fingerprint density at radius 3 is 2.55 bits per heavy atom. The molecule has 0 radical (unpaired) electrons. The zero-order valence-corrected chi connectivity index (χ0v) is 13.1. The summed E-state index contributed by atoms with van der Waals surface area (Å²) in [7, 11) is -3.48. The molecule has 6 heteroatoms. The fourth-order valence-corrected chi connectivity index (χ4v) is 5.90. The van der Waals surface area contributed by atoms with Gasteiger partial charge >= 0.3 is 0 Å². The highest BCUT2D eigenvalue weighted by Gasteiger charge is 2.42. The second kappa shape index (κ2) is 4.84. The van der Waals surface area contributed by atoms with Crippen LogP contribution in [0.4, 0.5) is 0 Å². The van der Waals surface area contributed by atoms with Crippen LogP contribution in [0.2, 0.25) is 0 Å². The molecule has 2 aliphatic carbocycles. The lowest BCUT2D eigenvalue weighted by atomic mass is 9.84. The predicted octanol–water partition coefficient (Wildman–Crippen LogP) is 2.13. The van der Waals surface area contributed by atoms with Crippen LogP contribution >= 0.6 is 0 Å². The molecule has 20 heavy (non-hydrogen) atoms. The number of nitrogens with one attached hydrogen (secondary N) is 2. The summed E-state index contributed by atoms with van der Waals surface area (Å²) < 4.78 is 28.0. The summed E-state index contributed by atoms with van der Waals surface area (Å²) in [4.78, 5) is 0.313. The molecule has 1 heterocycles. The normalized spacial score (nSPS) is 30.9. The van der Waals surface area contributed by atoms with Crippen molar-refractivity contribution < 1.29 is 8.42 Å². The van der Waals surface area contributed by atoms with E-state index in [-0.39, 0.29) is 6.04 Å². The highest BCUT2D eigenvalue weighted by molar-refractivity contribution is 7.89. The molecule has 0 aliphatic heterocycles. The van der Waals surface area contributed by atoms with Crippen molar-refractivity contribution in [3.05, 3.63) is 11.4 Å². The van der Waals surface area contributed by atoms with Gasteiger partial charge in [0.15, 0.2) is 0 Å². The van der Waals surface area contributed by atoms with Crippen LogP contribution in [-0.2, 0) is 10.0 Å². The average Bonchev–Trinajstić information content (AvgIpc) is 3.04. The van der Waals surface area contributed by atoms with E-state index in [1.165, 1.54) is 25.7 Å². The molecule has 0 amide bonds. The smallest absolute Gasteiger partial charge is 0.244 e. The predicted molar refractivity (Wildman–Crippen MR) is 76.8 cm³/mol. The summed E-state index contributed by atoms with van der Waals surface area (Å²) >= 11 is 0. The first-order valence-corrected chi connectivity index (χ1v) is 8.90. The third-order valence-corrected chi connectivity index (χ3v) is 6.93. The van der Waals surface area contributed by atoms with Gasteiger partial charge < -0.3 is 0 Å². The van der Waals surface area contributed by atoms with Crippen molar-refractivity contribution in [2.24, 2.45) is 17.8 Å². The fourth-order valence-electron chi connectivity index (χ4n) is 4.23. The van der Waals surface area contributed by atoms with Gasteiger partial charge in [-0.25, -0.2) is 13.1 Å². The van der Waals surface area contributed by atoms with E-state index < -0.39 is 10.0 Å². The monoisotopic (exact) mass is 297 g/mol. The Bertz CT molecular complexity index is 588. The quantitative estimate of drug-likeness (QED) is 0.894. The van der Waals surface area contributed by atoms with Crippen molar-refractivity contribution in [2.75, 3.05) is 0 Å². The van der Waals surface area contributed by atoms with Crippen LogP contribution in [-0.4, -0.2) is 24.7 Å². The largest absolute Gasteiger partial charge is 0.281 e. The van der Waals surface area contributed by atoms with Gasteiger partial charge in [0.2, 0.25) is 10.0 Å². The SMILES string of the molecule is Cc1n[nH]c(C)c1S(=O)(=O)NC(C)C1CC2CCC1C2. The molecule has 5 nitrogen and oxygen atoms in total. The molecule has 2 aliphatic rings. The molecule has 0 saturated heterocycles. The lowest BCUT2D eigenvalue weighted by molar-refractivity contribution is 0.280. The number of sulfonamides is 1. The molecule has 0 spiro atoms. The van der Waals surface area contributed by atoms with Gasteiger partial charge in [-0.2, -0.15) is 5.10 Å². The second-order valence-electron chi connectivity index (χ2n) is 6.51. The van der Waals surface area contributed by atoms with Crippen LogP contribution < -0.4 is 4.72 Å². The molecule has 2 fully saturated rings. The van der Waals surface area contributed by atoms with Gasteiger partial charge in [-0.3, -0.25) is 5.10 Å². The van der Waals surface area contributed by atoms with Gasteiger partial charge in [0.05, 0.1) is 11.4 Å². The number of H-pyrrole nitrogens is 1. The molecular weight excluding hydrogens is 274 g/mol. The average molecular weight is 297 g/mol. The Morgan fingerprint density at radius 2 is 2.05 bits per heavy atom. The second-order valence-corrected chi connectivity index (χ2v) is 8.16. The standard InChI is InChI=1S/C14H23N3O2S/c1-8(13-7-11-4-5-12(13)6-11)17-20(18,19)14-9(2)15-16-10(14)3/h8,11-13,17H,4-7H2,1-3H3,(H,15,16). The fraction of sp³-hybridized carbons (Fsp3) is 0.786.